The van der Waals surface area contributed by atoms with Crippen LogP contribution in [0.15, 0.2) is 47.3 Å². The molecule has 0 saturated carbocycles. The Labute approximate surface area is 169 Å². The summed E-state index contributed by atoms with van der Waals surface area (Å²) in [6.45, 7) is 3.81. The molecule has 6 heteroatoms. The van der Waals surface area contributed by atoms with E-state index in [9.17, 15) is 15.0 Å². The monoisotopic (exact) mass is 393 g/mol. The number of aromatic nitrogens is 1. The molecule has 0 bridgehead atoms. The minimum Gasteiger partial charge on any atom is -0.392 e. The van der Waals surface area contributed by atoms with Crippen LogP contribution in [-0.4, -0.2) is 34.4 Å². The van der Waals surface area contributed by atoms with Crippen LogP contribution in [-0.2, 0) is 13.2 Å². The maximum atomic E-state index is 12.4. The number of nitrogens with one attached hydrogen (secondary N) is 2. The van der Waals surface area contributed by atoms with Gasteiger partial charge in [-0.15, -0.1) is 0 Å². The van der Waals surface area contributed by atoms with Gasteiger partial charge < -0.3 is 25.4 Å². The summed E-state index contributed by atoms with van der Waals surface area (Å²) in [5.41, 5.74) is 5.16. The van der Waals surface area contributed by atoms with Gasteiger partial charge in [0.1, 0.15) is 0 Å². The minimum absolute atomic E-state index is 0.0761. The maximum absolute atomic E-state index is 12.4. The van der Waals surface area contributed by atoms with E-state index in [4.69, 9.17) is 0 Å². The molecule has 1 aliphatic heterocycles. The summed E-state index contributed by atoms with van der Waals surface area (Å²) in [5.74, 6) is 0. The van der Waals surface area contributed by atoms with Crippen molar-refractivity contribution in [2.75, 3.05) is 23.3 Å². The molecule has 1 unspecified atom stereocenters. The van der Waals surface area contributed by atoms with Gasteiger partial charge in [-0.05, 0) is 61.5 Å². The van der Waals surface area contributed by atoms with E-state index in [1.807, 2.05) is 43.3 Å². The van der Waals surface area contributed by atoms with E-state index < -0.39 is 0 Å². The van der Waals surface area contributed by atoms with Crippen LogP contribution in [0.4, 0.5) is 11.4 Å². The number of benzene rings is 2. The number of aryl methyl sites for hydroxylation is 1. The highest BCUT2D eigenvalue weighted by Crippen LogP contribution is 2.27. The summed E-state index contributed by atoms with van der Waals surface area (Å²) in [5, 5.41) is 24.1. The summed E-state index contributed by atoms with van der Waals surface area (Å²) in [4.78, 5) is 17.4. The van der Waals surface area contributed by atoms with Gasteiger partial charge in [0, 0.05) is 47.7 Å². The number of nitrogens with zero attached hydrogens (tertiary/aromatic N) is 1. The highest BCUT2D eigenvalue weighted by atomic mass is 16.3. The fourth-order valence-corrected chi connectivity index (χ4v) is 4.00. The highest BCUT2D eigenvalue weighted by Gasteiger charge is 2.20. The number of hydrogen-bond donors (Lipinski definition) is 4. The second-order valence-corrected chi connectivity index (χ2v) is 7.81. The number of fused-ring (bicyclic) bond motifs is 1. The molecule has 0 radical (unpaired) electrons. The molecule has 4 rings (SSSR count). The number of hydrogen-bond acceptors (Lipinski definition) is 5. The first-order valence-electron chi connectivity index (χ1n) is 10.1. The Hall–Kier alpha value is -2.83. The van der Waals surface area contributed by atoms with E-state index in [0.29, 0.717) is 18.7 Å². The molecule has 1 fully saturated rings. The number of aromatic amines is 1. The summed E-state index contributed by atoms with van der Waals surface area (Å²) < 4.78 is 0. The van der Waals surface area contributed by atoms with Crippen molar-refractivity contribution < 1.29 is 10.2 Å². The Bertz CT molecular complexity index is 1080. The van der Waals surface area contributed by atoms with Gasteiger partial charge in [0.25, 0.3) is 5.56 Å². The average molecular weight is 393 g/mol. The Morgan fingerprint density at radius 1 is 1.17 bits per heavy atom. The zero-order chi connectivity index (χ0) is 20.4. The van der Waals surface area contributed by atoms with Crippen molar-refractivity contribution in [3.8, 4) is 0 Å². The molecular formula is C23H27N3O3. The van der Waals surface area contributed by atoms with Crippen LogP contribution in [0.2, 0.25) is 0 Å². The average Bonchev–Trinajstić information content (AvgIpc) is 2.72. The van der Waals surface area contributed by atoms with Crippen LogP contribution < -0.4 is 15.8 Å². The van der Waals surface area contributed by atoms with Crippen LogP contribution in [0.1, 0.15) is 29.5 Å². The van der Waals surface area contributed by atoms with Crippen molar-refractivity contribution in [3.05, 3.63) is 69.5 Å². The number of β-amino-alcohol motifs (C(OH)–C–C–N with tert-alkyl or cyclic N) is 1. The van der Waals surface area contributed by atoms with E-state index in [1.165, 1.54) is 0 Å². The molecule has 2 aromatic carbocycles. The fraction of sp³-hybridized carbons (Fsp3) is 0.348. The summed E-state index contributed by atoms with van der Waals surface area (Å²) >= 11 is 0. The summed E-state index contributed by atoms with van der Waals surface area (Å²) in [6, 6.07) is 13.7. The number of H-pyrrole nitrogens is 1. The van der Waals surface area contributed by atoms with Crippen molar-refractivity contribution in [2.45, 2.75) is 39.0 Å². The molecule has 4 N–H and O–H groups in total. The molecule has 1 aromatic heterocycles. The Morgan fingerprint density at radius 2 is 2.03 bits per heavy atom. The van der Waals surface area contributed by atoms with E-state index in [-0.39, 0.29) is 18.3 Å². The lowest BCUT2D eigenvalue weighted by Gasteiger charge is -2.33. The van der Waals surface area contributed by atoms with Gasteiger partial charge in [-0.2, -0.15) is 0 Å². The highest BCUT2D eigenvalue weighted by molar-refractivity contribution is 5.79. The molecule has 6 nitrogen and oxygen atoms in total. The Balaban J connectivity index is 1.53. The largest absolute Gasteiger partial charge is 0.392 e. The summed E-state index contributed by atoms with van der Waals surface area (Å²) in [6.07, 6.45) is 1.44. The van der Waals surface area contributed by atoms with Crippen LogP contribution in [0.5, 0.6) is 0 Å². The number of rotatable bonds is 5. The lowest BCUT2D eigenvalue weighted by molar-refractivity contribution is 0.154. The second kappa shape index (κ2) is 8.27. The predicted molar refractivity (Wildman–Crippen MR) is 116 cm³/mol. The third-order valence-corrected chi connectivity index (χ3v) is 5.55. The third kappa shape index (κ3) is 4.28. The van der Waals surface area contributed by atoms with Crippen molar-refractivity contribution in [1.82, 2.24) is 4.98 Å². The zero-order valence-electron chi connectivity index (χ0n) is 16.6. The zero-order valence-corrected chi connectivity index (χ0v) is 16.6. The van der Waals surface area contributed by atoms with Gasteiger partial charge in [0.2, 0.25) is 0 Å². The van der Waals surface area contributed by atoms with Crippen molar-refractivity contribution in [2.24, 2.45) is 0 Å². The van der Waals surface area contributed by atoms with Crippen LogP contribution in [0.25, 0.3) is 10.9 Å². The standard InChI is InChI=1S/C23H27N3O3/c1-15-4-6-21-16(9-15)10-17(23(29)25-21)12-24-19-5-7-22(18(11-19)14-27)26-8-2-3-20(28)13-26/h4-7,9-11,20,24,27-28H,2-3,8,12-14H2,1H3,(H,25,29). The predicted octanol–water partition coefficient (Wildman–Crippen LogP) is 2.90. The first-order chi connectivity index (χ1) is 14.0. The minimum atomic E-state index is -0.323. The smallest absolute Gasteiger partial charge is 0.253 e. The van der Waals surface area contributed by atoms with E-state index in [2.05, 4.69) is 21.3 Å². The van der Waals surface area contributed by atoms with Gasteiger partial charge >= 0.3 is 0 Å². The number of piperidine rings is 1. The number of aliphatic hydroxyl groups is 2. The first-order valence-corrected chi connectivity index (χ1v) is 10.1. The van der Waals surface area contributed by atoms with Crippen molar-refractivity contribution in [3.63, 3.8) is 0 Å². The topological polar surface area (TPSA) is 88.6 Å². The molecule has 152 valence electrons. The lowest BCUT2D eigenvalue weighted by Crippen LogP contribution is -2.38. The normalized spacial score (nSPS) is 16.9. The molecule has 3 aromatic rings. The molecule has 1 saturated heterocycles. The first kappa shape index (κ1) is 19.5. The molecule has 2 heterocycles. The number of aliphatic hydroxyl groups excluding tert-OH is 2. The van der Waals surface area contributed by atoms with Crippen LogP contribution in [0.3, 0.4) is 0 Å². The summed E-state index contributed by atoms with van der Waals surface area (Å²) in [7, 11) is 0. The van der Waals surface area contributed by atoms with Crippen LogP contribution >= 0.6 is 0 Å². The molecule has 0 spiro atoms. The van der Waals surface area contributed by atoms with Gasteiger partial charge in [0.15, 0.2) is 0 Å². The Kier molecular flexibility index (Phi) is 5.56. The van der Waals surface area contributed by atoms with Crippen LogP contribution in [0, 0.1) is 6.92 Å². The SMILES string of the molecule is Cc1ccc2[nH]c(=O)c(CNc3ccc(N4CCCC(O)C4)c(CO)c3)cc2c1. The number of pyridine rings is 1. The fourth-order valence-electron chi connectivity index (χ4n) is 4.00. The lowest BCUT2D eigenvalue weighted by atomic mass is 10.0. The van der Waals surface area contributed by atoms with Crippen molar-refractivity contribution in [1.29, 1.82) is 0 Å². The molecule has 0 amide bonds. The second-order valence-electron chi connectivity index (χ2n) is 7.81. The number of anilines is 2. The van der Waals surface area contributed by atoms with Gasteiger partial charge in [-0.3, -0.25) is 4.79 Å². The van der Waals surface area contributed by atoms with Gasteiger partial charge in [-0.1, -0.05) is 11.6 Å². The molecule has 1 aliphatic rings. The quantitative estimate of drug-likeness (QED) is 0.535. The molecular weight excluding hydrogens is 366 g/mol. The van der Waals surface area contributed by atoms with Gasteiger partial charge in [0.05, 0.1) is 12.7 Å². The van der Waals surface area contributed by atoms with E-state index in [0.717, 1.165) is 52.8 Å². The van der Waals surface area contributed by atoms with E-state index in [1.54, 1.807) is 0 Å². The van der Waals surface area contributed by atoms with E-state index >= 15 is 0 Å². The molecule has 29 heavy (non-hydrogen) atoms. The molecule has 1 atom stereocenters. The van der Waals surface area contributed by atoms with Crippen molar-refractivity contribution >= 4 is 22.3 Å². The van der Waals surface area contributed by atoms with Gasteiger partial charge in [-0.25, -0.2) is 0 Å². The maximum Gasteiger partial charge on any atom is 0.253 e. The molecule has 0 aliphatic carbocycles. The third-order valence-electron chi connectivity index (χ3n) is 5.55. The Morgan fingerprint density at radius 3 is 2.83 bits per heavy atom.